The smallest absolute Gasteiger partial charge is 0.388 e. The first-order valence-electron chi connectivity index (χ1n) is 8.60. The summed E-state index contributed by atoms with van der Waals surface area (Å²) in [6.45, 7) is -2.22. The van der Waals surface area contributed by atoms with Gasteiger partial charge < -0.3 is 29.4 Å². The van der Waals surface area contributed by atoms with Gasteiger partial charge in [0, 0.05) is 5.92 Å². The molecule has 1 saturated heterocycles. The Balaban J connectivity index is 1.69. The number of alkyl halides is 1. The number of ether oxygens (including phenoxy) is 1. The molecule has 0 aromatic heterocycles. The fourth-order valence-electron chi connectivity index (χ4n) is 3.08. The number of aliphatic hydroxyl groups excluding tert-OH is 1. The molecule has 0 bridgehead atoms. The summed E-state index contributed by atoms with van der Waals surface area (Å²) in [7, 11) is -16.8. The molecule has 0 radical (unpaired) electrons. The lowest BCUT2D eigenvalue weighted by Crippen LogP contribution is -2.52. The van der Waals surface area contributed by atoms with Gasteiger partial charge in [-0.25, -0.2) is 13.7 Å². The van der Waals surface area contributed by atoms with Crippen molar-refractivity contribution in [3.05, 3.63) is 0 Å². The molecule has 0 aliphatic carbocycles. The van der Waals surface area contributed by atoms with Gasteiger partial charge in [0.05, 0.1) is 25.7 Å². The van der Waals surface area contributed by atoms with E-state index in [0.29, 0.717) is 0 Å². The Hall–Kier alpha value is -1.46. The van der Waals surface area contributed by atoms with Crippen LogP contribution in [0.2, 0.25) is 0 Å². The van der Waals surface area contributed by atoms with Crippen molar-refractivity contribution in [2.45, 2.75) is 24.5 Å². The Morgan fingerprint density at radius 2 is 1.88 bits per heavy atom. The first kappa shape index (κ1) is 26.2. The Kier molecular flexibility index (Phi) is 7.37. The van der Waals surface area contributed by atoms with Crippen LogP contribution in [0.3, 0.4) is 0 Å². The van der Waals surface area contributed by atoms with Crippen LogP contribution in [0.5, 0.6) is 0 Å². The summed E-state index contributed by atoms with van der Waals surface area (Å²) >= 11 is 0. The molecule has 3 aliphatic heterocycles. The monoisotopic (exact) mass is 539 g/mol. The molecular weight excluding hydrogens is 522 g/mol. The van der Waals surface area contributed by atoms with E-state index < -0.39 is 79.0 Å². The summed E-state index contributed by atoms with van der Waals surface area (Å²) in [5.41, 5.74) is 0. The van der Waals surface area contributed by atoms with E-state index in [4.69, 9.17) is 24.8 Å². The largest absolute Gasteiger partial charge is 0.490 e. The minimum atomic E-state index is -5.75. The Morgan fingerprint density at radius 1 is 1.21 bits per heavy atom. The molecule has 0 spiro atoms. The summed E-state index contributed by atoms with van der Waals surface area (Å²) in [4.78, 5) is 56.3. The number of nitrogens with one attached hydrogen (secondary N) is 2. The van der Waals surface area contributed by atoms with Crippen LogP contribution in [0.25, 0.3) is 0 Å². The number of phosphoric ester groups is 1. The molecule has 3 rings (SSSR count). The molecule has 7 atom stereocenters. The van der Waals surface area contributed by atoms with E-state index in [1.807, 2.05) is 0 Å². The van der Waals surface area contributed by atoms with Crippen LogP contribution in [-0.4, -0.2) is 91.4 Å². The molecule has 22 heteroatoms. The lowest BCUT2D eigenvalue weighted by molar-refractivity contribution is -0.119. The lowest BCUT2D eigenvalue weighted by atomic mass is 9.99. The average molecular weight is 539 g/mol. The summed E-state index contributed by atoms with van der Waals surface area (Å²) < 4.78 is 64.4. The van der Waals surface area contributed by atoms with Gasteiger partial charge in [0.2, 0.25) is 5.96 Å². The highest BCUT2D eigenvalue weighted by Gasteiger charge is 2.51. The number of rotatable bonds is 9. The zero-order chi connectivity index (χ0) is 24.8. The zero-order valence-corrected chi connectivity index (χ0v) is 18.6. The number of phosphoric acid groups is 3. The maximum atomic E-state index is 13.6. The predicted molar refractivity (Wildman–Crippen MR) is 101 cm³/mol. The van der Waals surface area contributed by atoms with E-state index in [-0.39, 0.29) is 5.84 Å². The number of amidine groups is 1. The zero-order valence-electron chi connectivity index (χ0n) is 15.9. The molecule has 0 aromatic rings. The second kappa shape index (κ2) is 9.30. The SMILES string of the molecule is N=C1N=C2C(N=CN2[C@@H]2O[C@H](COP(=O)(O)OP(=O)(O)OP(=O)(O)O)[C@@H](CF)[C@H]2O)C(=O)N1. The summed E-state index contributed by atoms with van der Waals surface area (Å²) in [6, 6.07) is -1.15. The number of aliphatic hydroxyl groups is 1. The third-order valence-corrected chi connectivity index (χ3v) is 8.16. The van der Waals surface area contributed by atoms with E-state index in [0.717, 1.165) is 11.2 Å². The van der Waals surface area contributed by atoms with Crippen LogP contribution in [0, 0.1) is 11.3 Å². The number of carbonyl (C=O) groups excluding carboxylic acids is 1. The van der Waals surface area contributed by atoms with Gasteiger partial charge in [0.25, 0.3) is 5.91 Å². The molecule has 0 aromatic carbocycles. The fourth-order valence-corrected chi connectivity index (χ4v) is 6.11. The second-order valence-electron chi connectivity index (χ2n) is 6.64. The molecule has 186 valence electrons. The van der Waals surface area contributed by atoms with Crippen molar-refractivity contribution in [1.82, 2.24) is 10.2 Å². The molecule has 3 heterocycles. The predicted octanol–water partition coefficient (Wildman–Crippen LogP) is -1.82. The number of halogens is 1. The van der Waals surface area contributed by atoms with Crippen LogP contribution in [0.15, 0.2) is 9.98 Å². The van der Waals surface area contributed by atoms with Gasteiger partial charge in [-0.1, -0.05) is 0 Å². The van der Waals surface area contributed by atoms with Gasteiger partial charge in [0.15, 0.2) is 18.1 Å². The van der Waals surface area contributed by atoms with Gasteiger partial charge in [-0.15, -0.1) is 0 Å². The van der Waals surface area contributed by atoms with Crippen molar-refractivity contribution >= 4 is 47.5 Å². The Bertz CT molecular complexity index is 1030. The van der Waals surface area contributed by atoms with Crippen molar-refractivity contribution in [2.75, 3.05) is 13.3 Å². The lowest BCUT2D eigenvalue weighted by Gasteiger charge is -2.28. The normalized spacial score (nSPS) is 33.3. The van der Waals surface area contributed by atoms with Crippen molar-refractivity contribution in [2.24, 2.45) is 15.9 Å². The van der Waals surface area contributed by atoms with E-state index >= 15 is 0 Å². The van der Waals surface area contributed by atoms with Crippen molar-refractivity contribution in [3.63, 3.8) is 0 Å². The molecule has 3 aliphatic rings. The van der Waals surface area contributed by atoms with Crippen LogP contribution in [0.4, 0.5) is 4.39 Å². The number of nitrogens with zero attached hydrogens (tertiary/aromatic N) is 3. The summed E-state index contributed by atoms with van der Waals surface area (Å²) in [6.07, 6.45) is -3.41. The molecule has 1 fully saturated rings. The highest BCUT2D eigenvalue weighted by molar-refractivity contribution is 7.66. The third kappa shape index (κ3) is 6.16. The van der Waals surface area contributed by atoms with Crippen molar-refractivity contribution in [3.8, 4) is 0 Å². The quantitative estimate of drug-likeness (QED) is 0.159. The molecule has 0 saturated carbocycles. The van der Waals surface area contributed by atoms with Crippen LogP contribution >= 0.6 is 23.5 Å². The van der Waals surface area contributed by atoms with Gasteiger partial charge >= 0.3 is 23.5 Å². The Labute approximate surface area is 183 Å². The minimum absolute atomic E-state index is 0.0982. The van der Waals surface area contributed by atoms with Gasteiger partial charge in [-0.2, -0.15) is 13.6 Å². The number of hydrogen-bond donors (Lipinski definition) is 7. The molecule has 3 unspecified atom stereocenters. The fraction of sp³-hybridized carbons (Fsp3) is 0.636. The Morgan fingerprint density at radius 3 is 2.48 bits per heavy atom. The topological polar surface area (TPSA) is 270 Å². The minimum Gasteiger partial charge on any atom is -0.388 e. The summed E-state index contributed by atoms with van der Waals surface area (Å²) in [5.74, 6) is -2.66. The van der Waals surface area contributed by atoms with E-state index in [1.165, 1.54) is 0 Å². The first-order valence-corrected chi connectivity index (χ1v) is 13.1. The van der Waals surface area contributed by atoms with Gasteiger partial charge in [0.1, 0.15) is 6.10 Å². The standard InChI is InChI=1S/C11H17FN5O13P3/c12-1-4-5(2-27-32(23,24)30-33(25,26)29-31(20,21)22)28-10(7(4)18)17-3-14-6-8(17)15-11(13)16-9(6)19/h3-7,10,18H,1-2H2,(H,23,24)(H,25,26)(H2,13,16,19)(H2,20,21,22)/t4-,5-,6?,7-,10-/m1/s1. The van der Waals surface area contributed by atoms with Crippen LogP contribution in [-0.2, 0) is 36.4 Å². The maximum Gasteiger partial charge on any atom is 0.490 e. The number of fused-ring (bicyclic) bond motifs is 1. The van der Waals surface area contributed by atoms with Crippen LogP contribution in [0.1, 0.15) is 0 Å². The molecule has 18 nitrogen and oxygen atoms in total. The molecule has 33 heavy (non-hydrogen) atoms. The highest BCUT2D eigenvalue weighted by atomic mass is 31.3. The molecular formula is C11H17FN5O13P3. The first-order chi connectivity index (χ1) is 15.1. The molecule has 7 N–H and O–H groups in total. The average Bonchev–Trinajstić information content (AvgIpc) is 3.17. The number of amides is 1. The number of hydrogen-bond acceptors (Lipinski definition) is 12. The van der Waals surface area contributed by atoms with Crippen molar-refractivity contribution in [1.29, 1.82) is 5.41 Å². The van der Waals surface area contributed by atoms with Gasteiger partial charge in [-0.3, -0.25) is 34.3 Å². The van der Waals surface area contributed by atoms with E-state index in [9.17, 15) is 32.9 Å². The van der Waals surface area contributed by atoms with Crippen LogP contribution < -0.4 is 5.32 Å². The van der Waals surface area contributed by atoms with Gasteiger partial charge in [-0.05, 0) is 0 Å². The third-order valence-electron chi connectivity index (χ3n) is 4.36. The number of carbonyl (C=O) groups is 1. The van der Waals surface area contributed by atoms with E-state index in [2.05, 4.69) is 28.4 Å². The van der Waals surface area contributed by atoms with Crippen molar-refractivity contribution < 1.29 is 65.4 Å². The van der Waals surface area contributed by atoms with E-state index in [1.54, 1.807) is 0 Å². The molecule has 1 amide bonds. The highest BCUT2D eigenvalue weighted by Crippen LogP contribution is 2.66. The second-order valence-corrected chi connectivity index (χ2v) is 11.1. The summed E-state index contributed by atoms with van der Waals surface area (Å²) in [5, 5.41) is 20.1. The number of aliphatic imine (C=N–C) groups is 2. The maximum absolute atomic E-state index is 13.6. The number of guanidine groups is 1.